The fourth-order valence-electron chi connectivity index (χ4n) is 4.27. The van der Waals surface area contributed by atoms with Gasteiger partial charge in [0.15, 0.2) is 0 Å². The fourth-order valence-corrected chi connectivity index (χ4v) is 5.88. The van der Waals surface area contributed by atoms with Gasteiger partial charge in [0.1, 0.15) is 18.3 Å². The molecule has 0 saturated heterocycles. The van der Waals surface area contributed by atoms with E-state index in [4.69, 9.17) is 16.3 Å². The Labute approximate surface area is 256 Å². The average molecular weight is 631 g/mol. The second-order valence-corrected chi connectivity index (χ2v) is 12.3. The Morgan fingerprint density at radius 2 is 1.74 bits per heavy atom. The fraction of sp³-hybridized carbons (Fsp3) is 0.333. The molecule has 2 amide bonds. The van der Waals surface area contributed by atoms with Crippen molar-refractivity contribution in [3.05, 3.63) is 93.0 Å². The summed E-state index contributed by atoms with van der Waals surface area (Å²) in [5.41, 5.74) is 0.541. The van der Waals surface area contributed by atoms with Crippen LogP contribution in [-0.4, -0.2) is 55.8 Å². The first-order valence-corrected chi connectivity index (χ1v) is 15.4. The summed E-state index contributed by atoms with van der Waals surface area (Å²) < 4.78 is 34.5. The van der Waals surface area contributed by atoms with E-state index in [-0.39, 0.29) is 34.6 Å². The predicted molar refractivity (Wildman–Crippen MR) is 165 cm³/mol. The molecule has 230 valence electrons. The first-order chi connectivity index (χ1) is 20.3. The molecular formula is C30H35ClN4O7S. The van der Waals surface area contributed by atoms with E-state index in [0.29, 0.717) is 6.42 Å². The lowest BCUT2D eigenvalue weighted by molar-refractivity contribution is -0.385. The number of carbonyl (C=O) groups excluding carboxylic acids is 2. The van der Waals surface area contributed by atoms with Crippen LogP contribution in [0.3, 0.4) is 0 Å². The zero-order chi connectivity index (χ0) is 31.9. The van der Waals surface area contributed by atoms with Crippen LogP contribution in [0.25, 0.3) is 0 Å². The zero-order valence-electron chi connectivity index (χ0n) is 24.6. The molecule has 43 heavy (non-hydrogen) atoms. The predicted octanol–water partition coefficient (Wildman–Crippen LogP) is 5.09. The number of aryl methyl sites for hydroxylation is 1. The molecule has 0 aromatic heterocycles. The van der Waals surface area contributed by atoms with Gasteiger partial charge in [-0.25, -0.2) is 8.42 Å². The monoisotopic (exact) mass is 630 g/mol. The Hall–Kier alpha value is -4.16. The van der Waals surface area contributed by atoms with Gasteiger partial charge in [0.25, 0.3) is 15.7 Å². The molecule has 2 unspecified atom stereocenters. The molecule has 1 N–H and O–H groups in total. The highest BCUT2D eigenvalue weighted by molar-refractivity contribution is 7.92. The molecule has 3 aromatic carbocycles. The van der Waals surface area contributed by atoms with Crippen LogP contribution in [0.4, 0.5) is 11.4 Å². The number of halogens is 1. The average Bonchev–Trinajstić information content (AvgIpc) is 2.98. The topological polar surface area (TPSA) is 139 Å². The number of hydrogen-bond acceptors (Lipinski definition) is 7. The SMILES string of the molecule is CCC(C)NC(=O)C(C)N(Cc1ccccc1)C(=O)CN(c1cc(Cl)ccc1OC)S(=O)(=O)c1ccc(C)c([N+](=O)[O-])c1. The third-order valence-electron chi connectivity index (χ3n) is 7.02. The standard InChI is InChI=1S/C30H35ClN4O7S/c1-6-21(3)32-30(37)22(4)33(18-23-10-8-7-9-11-23)29(36)19-34(27-16-24(31)13-15-28(27)42-5)43(40,41)25-14-12-20(2)26(17-25)35(38)39/h7-17,21-22H,6,18-19H2,1-5H3,(H,32,37). The Morgan fingerprint density at radius 1 is 1.07 bits per heavy atom. The van der Waals surface area contributed by atoms with Gasteiger partial charge in [-0.05, 0) is 57.0 Å². The molecule has 3 rings (SSSR count). The molecule has 0 heterocycles. The van der Waals surface area contributed by atoms with E-state index < -0.39 is 49.9 Å². The van der Waals surface area contributed by atoms with Crippen LogP contribution in [0.5, 0.6) is 5.75 Å². The summed E-state index contributed by atoms with van der Waals surface area (Å²) in [6.45, 7) is 6.08. The number of nitro benzene ring substituents is 1. The highest BCUT2D eigenvalue weighted by Crippen LogP contribution is 2.36. The van der Waals surface area contributed by atoms with Gasteiger partial charge in [0.2, 0.25) is 11.8 Å². The molecule has 2 atom stereocenters. The van der Waals surface area contributed by atoms with E-state index in [1.54, 1.807) is 31.2 Å². The van der Waals surface area contributed by atoms with Crippen molar-refractivity contribution in [1.82, 2.24) is 10.2 Å². The number of amides is 2. The minimum absolute atomic E-state index is 0.0192. The van der Waals surface area contributed by atoms with Gasteiger partial charge in [0.05, 0.1) is 22.6 Å². The van der Waals surface area contributed by atoms with Gasteiger partial charge in [-0.1, -0.05) is 54.9 Å². The van der Waals surface area contributed by atoms with E-state index in [0.717, 1.165) is 15.9 Å². The number of nitrogens with one attached hydrogen (secondary N) is 1. The molecule has 0 aliphatic rings. The lowest BCUT2D eigenvalue weighted by Crippen LogP contribution is -2.52. The van der Waals surface area contributed by atoms with Gasteiger partial charge in [0, 0.05) is 29.2 Å². The minimum Gasteiger partial charge on any atom is -0.495 e. The van der Waals surface area contributed by atoms with Crippen molar-refractivity contribution in [1.29, 1.82) is 0 Å². The Kier molecular flexibility index (Phi) is 11.1. The van der Waals surface area contributed by atoms with Crippen molar-refractivity contribution in [2.75, 3.05) is 18.0 Å². The number of nitro groups is 1. The largest absolute Gasteiger partial charge is 0.495 e. The van der Waals surface area contributed by atoms with Gasteiger partial charge in [-0.15, -0.1) is 0 Å². The third-order valence-corrected chi connectivity index (χ3v) is 9.01. The maximum atomic E-state index is 14.2. The van der Waals surface area contributed by atoms with Crippen LogP contribution in [0, 0.1) is 17.0 Å². The van der Waals surface area contributed by atoms with Crippen molar-refractivity contribution in [2.24, 2.45) is 0 Å². The first-order valence-electron chi connectivity index (χ1n) is 13.5. The van der Waals surface area contributed by atoms with E-state index >= 15 is 0 Å². The molecule has 0 saturated carbocycles. The zero-order valence-corrected chi connectivity index (χ0v) is 26.2. The number of methoxy groups -OCH3 is 1. The van der Waals surface area contributed by atoms with Gasteiger partial charge in [-0.2, -0.15) is 0 Å². The van der Waals surface area contributed by atoms with Gasteiger partial charge in [-0.3, -0.25) is 24.0 Å². The van der Waals surface area contributed by atoms with Crippen molar-refractivity contribution >= 4 is 44.8 Å². The summed E-state index contributed by atoms with van der Waals surface area (Å²) in [7, 11) is -3.27. The Morgan fingerprint density at radius 3 is 2.35 bits per heavy atom. The molecule has 0 bridgehead atoms. The number of sulfonamides is 1. The number of nitrogens with zero attached hydrogens (tertiary/aromatic N) is 3. The summed E-state index contributed by atoms with van der Waals surface area (Å²) >= 11 is 6.25. The van der Waals surface area contributed by atoms with Crippen molar-refractivity contribution in [3.63, 3.8) is 0 Å². The minimum atomic E-state index is -4.60. The molecular weight excluding hydrogens is 596 g/mol. The third kappa shape index (κ3) is 8.02. The lowest BCUT2D eigenvalue weighted by atomic mass is 10.1. The van der Waals surface area contributed by atoms with E-state index in [2.05, 4.69) is 5.32 Å². The van der Waals surface area contributed by atoms with E-state index in [1.807, 2.05) is 19.9 Å². The number of benzene rings is 3. The molecule has 0 fully saturated rings. The van der Waals surface area contributed by atoms with Crippen LogP contribution in [0.15, 0.2) is 71.6 Å². The number of ether oxygens (including phenoxy) is 1. The number of anilines is 1. The van der Waals surface area contributed by atoms with Crippen LogP contribution >= 0.6 is 11.6 Å². The highest BCUT2D eigenvalue weighted by Gasteiger charge is 2.35. The van der Waals surface area contributed by atoms with Crippen LogP contribution in [0.2, 0.25) is 5.02 Å². The second-order valence-electron chi connectivity index (χ2n) is 10.0. The van der Waals surface area contributed by atoms with Gasteiger partial charge < -0.3 is 15.0 Å². The first kappa shape index (κ1) is 33.3. The molecule has 11 nitrogen and oxygen atoms in total. The smallest absolute Gasteiger partial charge is 0.273 e. The number of rotatable bonds is 13. The molecule has 0 aliphatic carbocycles. The van der Waals surface area contributed by atoms with E-state index in [1.165, 1.54) is 49.3 Å². The van der Waals surface area contributed by atoms with Crippen LogP contribution in [0.1, 0.15) is 38.3 Å². The van der Waals surface area contributed by atoms with Crippen molar-refractivity contribution in [3.8, 4) is 5.75 Å². The Bertz CT molecular complexity index is 1580. The van der Waals surface area contributed by atoms with E-state index in [9.17, 15) is 28.1 Å². The summed E-state index contributed by atoms with van der Waals surface area (Å²) in [6, 6.07) is 15.6. The van der Waals surface area contributed by atoms with Crippen LogP contribution < -0.4 is 14.4 Å². The number of hydrogen-bond donors (Lipinski definition) is 1. The number of carbonyl (C=O) groups is 2. The normalized spacial score (nSPS) is 12.6. The maximum absolute atomic E-state index is 14.2. The summed E-state index contributed by atoms with van der Waals surface area (Å²) in [5.74, 6) is -0.995. The van der Waals surface area contributed by atoms with Crippen LogP contribution in [-0.2, 0) is 26.2 Å². The van der Waals surface area contributed by atoms with Crippen molar-refractivity contribution < 1.29 is 27.7 Å². The maximum Gasteiger partial charge on any atom is 0.273 e. The molecule has 13 heteroatoms. The molecule has 0 spiro atoms. The van der Waals surface area contributed by atoms with Crippen molar-refractivity contribution in [2.45, 2.75) is 57.6 Å². The molecule has 0 aliphatic heterocycles. The second kappa shape index (κ2) is 14.3. The molecule has 0 radical (unpaired) electrons. The highest BCUT2D eigenvalue weighted by atomic mass is 35.5. The quantitative estimate of drug-likeness (QED) is 0.205. The lowest BCUT2D eigenvalue weighted by Gasteiger charge is -2.32. The summed E-state index contributed by atoms with van der Waals surface area (Å²) in [4.78, 5) is 39.1. The summed E-state index contributed by atoms with van der Waals surface area (Å²) in [6.07, 6.45) is 0.675. The Balaban J connectivity index is 2.15. The van der Waals surface area contributed by atoms with Gasteiger partial charge >= 0.3 is 0 Å². The molecule has 3 aromatic rings. The summed E-state index contributed by atoms with van der Waals surface area (Å²) in [5, 5.41) is 14.7.